The molecular formula is C56H79N3O8S. The Morgan fingerprint density at radius 3 is 2.51 bits per heavy atom. The van der Waals surface area contributed by atoms with Crippen LogP contribution in [0.3, 0.4) is 0 Å². The highest BCUT2D eigenvalue weighted by Crippen LogP contribution is 2.67. The number of Topliss-reactive ketones (excluding diaryl/α,β-unsaturated/α-hetero) is 1. The van der Waals surface area contributed by atoms with E-state index in [4.69, 9.17) is 28.7 Å². The highest BCUT2D eigenvalue weighted by Gasteiger charge is 2.59. The average Bonchev–Trinajstić information content (AvgIpc) is 3.90. The van der Waals surface area contributed by atoms with E-state index in [1.165, 1.54) is 69.1 Å². The molecule has 3 unspecified atom stereocenters. The predicted octanol–water partition coefficient (Wildman–Crippen LogP) is 13.1. The third kappa shape index (κ3) is 12.0. The van der Waals surface area contributed by atoms with Gasteiger partial charge in [0.1, 0.15) is 29.9 Å². The Hall–Kier alpha value is -3.87. The van der Waals surface area contributed by atoms with E-state index in [9.17, 15) is 14.4 Å². The number of esters is 2. The van der Waals surface area contributed by atoms with Gasteiger partial charge in [-0.05, 0) is 135 Å². The summed E-state index contributed by atoms with van der Waals surface area (Å²) in [6, 6.07) is 8.97. The van der Waals surface area contributed by atoms with Gasteiger partial charge in [-0.1, -0.05) is 90.2 Å². The van der Waals surface area contributed by atoms with Crippen molar-refractivity contribution in [3.63, 3.8) is 0 Å². The van der Waals surface area contributed by atoms with Crippen LogP contribution in [-0.4, -0.2) is 72.4 Å². The van der Waals surface area contributed by atoms with Crippen LogP contribution in [-0.2, 0) is 28.5 Å². The van der Waals surface area contributed by atoms with E-state index in [1.54, 1.807) is 30.8 Å². The summed E-state index contributed by atoms with van der Waals surface area (Å²) in [6.07, 6.45) is 22.4. The van der Waals surface area contributed by atoms with E-state index in [1.807, 2.05) is 18.2 Å². The van der Waals surface area contributed by atoms with Crippen molar-refractivity contribution in [3.05, 3.63) is 53.9 Å². The number of hydrogen-bond acceptors (Lipinski definition) is 12. The lowest BCUT2D eigenvalue weighted by molar-refractivity contribution is -0.155. The largest absolute Gasteiger partial charge is 0.463 e. The number of rotatable bonds is 22. The Morgan fingerprint density at radius 2 is 1.68 bits per heavy atom. The number of benzene rings is 1. The number of pyridine rings is 1. The molecule has 5 aliphatic rings. The van der Waals surface area contributed by atoms with Gasteiger partial charge < -0.3 is 29.0 Å². The topological polar surface area (TPSA) is 135 Å². The Balaban J connectivity index is 0.701. The minimum atomic E-state index is -0.438. The van der Waals surface area contributed by atoms with Crippen LogP contribution in [0.5, 0.6) is 11.5 Å². The van der Waals surface area contributed by atoms with Gasteiger partial charge in [0.25, 0.3) is 0 Å². The first kappa shape index (κ1) is 50.5. The molecular weight excluding hydrogens is 875 g/mol. The van der Waals surface area contributed by atoms with Gasteiger partial charge in [0.05, 0.1) is 55.0 Å². The third-order valence-electron chi connectivity index (χ3n) is 17.1. The van der Waals surface area contributed by atoms with Crippen molar-refractivity contribution in [1.29, 1.82) is 0 Å². The number of hydrogen-bond donors (Lipinski definition) is 1. The van der Waals surface area contributed by atoms with Crippen molar-refractivity contribution in [2.24, 2.45) is 46.3 Å². The van der Waals surface area contributed by atoms with Crippen LogP contribution < -0.4 is 10.1 Å². The Kier molecular flexibility index (Phi) is 17.0. The molecule has 1 N–H and O–H groups in total. The summed E-state index contributed by atoms with van der Waals surface area (Å²) in [5, 5.41) is 4.25. The minimum absolute atomic E-state index is 0.0388. The fraction of sp³-hybridized carbons (Fsp3) is 0.696. The van der Waals surface area contributed by atoms with Gasteiger partial charge in [0, 0.05) is 24.8 Å². The van der Waals surface area contributed by atoms with E-state index < -0.39 is 11.9 Å². The molecule has 0 radical (unpaired) electrons. The maximum absolute atomic E-state index is 12.9. The molecule has 0 aliphatic heterocycles. The number of fused-ring (bicyclic) bond motifs is 6. The number of nitrogens with one attached hydrogen (secondary N) is 1. The number of thiazole rings is 1. The lowest BCUT2D eigenvalue weighted by atomic mass is 9.47. The van der Waals surface area contributed by atoms with E-state index in [-0.39, 0.29) is 50.1 Å². The van der Waals surface area contributed by atoms with Crippen LogP contribution >= 0.6 is 11.3 Å². The zero-order chi connectivity index (χ0) is 47.8. The van der Waals surface area contributed by atoms with Crippen molar-refractivity contribution in [2.75, 3.05) is 31.7 Å². The van der Waals surface area contributed by atoms with Crippen molar-refractivity contribution < 1.29 is 38.1 Å². The monoisotopic (exact) mass is 954 g/mol. The summed E-state index contributed by atoms with van der Waals surface area (Å²) >= 11 is 1.50. The number of ketones is 1. The minimum Gasteiger partial charge on any atom is -0.463 e. The van der Waals surface area contributed by atoms with E-state index in [0.29, 0.717) is 47.7 Å². The van der Waals surface area contributed by atoms with E-state index >= 15 is 0 Å². The second kappa shape index (κ2) is 22.9. The van der Waals surface area contributed by atoms with Gasteiger partial charge in [-0.3, -0.25) is 19.4 Å². The molecule has 4 saturated carbocycles. The molecule has 1 aromatic carbocycles. The van der Waals surface area contributed by atoms with Gasteiger partial charge in [-0.2, -0.15) is 0 Å². The molecule has 0 spiro atoms. The van der Waals surface area contributed by atoms with Gasteiger partial charge >= 0.3 is 11.9 Å². The van der Waals surface area contributed by atoms with Crippen molar-refractivity contribution >= 4 is 44.4 Å². The van der Waals surface area contributed by atoms with Crippen LogP contribution in [0.25, 0.3) is 10.2 Å². The molecule has 8 rings (SSSR count). The first-order valence-electron chi connectivity index (χ1n) is 26.4. The second-order valence-electron chi connectivity index (χ2n) is 21.8. The lowest BCUT2D eigenvalue weighted by Crippen LogP contribution is -2.51. The molecule has 0 bridgehead atoms. The SMILES string of the molecule is CCC(=O)c1cc(Oc2ccc3nc(N[C@H]4CCCC[C@@H]4OC(=O)CCC(=O)OCCOCCO[C@H]4CC[C@@]5(C)C(=CCC6C5CC[C@@]5(C)C6CC[C@@H]5[C@H](C)CCCC(C)C)C4)sc3c2)ccn1. The molecule has 10 atom stereocenters. The fourth-order valence-corrected chi connectivity index (χ4v) is 14.4. The maximum Gasteiger partial charge on any atom is 0.306 e. The smallest absolute Gasteiger partial charge is 0.306 e. The van der Waals surface area contributed by atoms with Gasteiger partial charge in [-0.15, -0.1) is 0 Å². The molecule has 372 valence electrons. The number of carbonyl (C=O) groups is 3. The quantitative estimate of drug-likeness (QED) is 0.0446. The fourth-order valence-electron chi connectivity index (χ4n) is 13.4. The molecule has 2 heterocycles. The summed E-state index contributed by atoms with van der Waals surface area (Å²) in [7, 11) is 0. The Labute approximate surface area is 409 Å². The summed E-state index contributed by atoms with van der Waals surface area (Å²) in [4.78, 5) is 46.5. The summed E-state index contributed by atoms with van der Waals surface area (Å²) in [5.74, 6) is 5.37. The Morgan fingerprint density at radius 1 is 0.868 bits per heavy atom. The number of carbonyl (C=O) groups excluding carboxylic acids is 3. The van der Waals surface area contributed by atoms with Gasteiger partial charge in [0.2, 0.25) is 0 Å². The highest BCUT2D eigenvalue weighted by atomic mass is 32.1. The summed E-state index contributed by atoms with van der Waals surface area (Å²) in [5.41, 5.74) is 3.69. The number of anilines is 1. The standard InChI is InChI=1S/C56H79N3O8S/c1-7-49(60)48-34-41(25-28-57-48)66-40-16-20-47-51(35-40)68-54(59-47)58-46-13-8-9-14-50(46)67-53(62)22-21-52(61)65-32-30-63-29-31-64-39-23-26-55(5)38(33-39)15-17-42-44-19-18-43(37(4)12-10-11-36(2)3)56(44,6)27-24-45(42)55/h15-16,20,25,28,34-37,39,42-46,50H,7-14,17-19,21-24,26-27,29-33H2,1-6H3,(H,58,59)/t37-,39+,42?,43-,44?,45?,46+,50+,55+,56-/m1/s1. The highest BCUT2D eigenvalue weighted by molar-refractivity contribution is 7.22. The van der Waals surface area contributed by atoms with Crippen molar-refractivity contribution in [3.8, 4) is 11.5 Å². The first-order chi connectivity index (χ1) is 32.8. The zero-order valence-corrected chi connectivity index (χ0v) is 42.7. The predicted molar refractivity (Wildman–Crippen MR) is 268 cm³/mol. The molecule has 12 heteroatoms. The molecule has 4 fully saturated rings. The number of allylic oxidation sites excluding steroid dienone is 1. The molecule has 0 saturated heterocycles. The van der Waals surface area contributed by atoms with Crippen LogP contribution in [0, 0.1) is 46.3 Å². The number of ether oxygens (including phenoxy) is 5. The molecule has 11 nitrogen and oxygen atoms in total. The molecule has 5 aliphatic carbocycles. The van der Waals surface area contributed by atoms with E-state index in [0.717, 1.165) is 89.4 Å². The van der Waals surface area contributed by atoms with Gasteiger partial charge in [0.15, 0.2) is 10.9 Å². The van der Waals surface area contributed by atoms with Crippen LogP contribution in [0.15, 0.2) is 48.2 Å². The molecule has 2 aromatic heterocycles. The summed E-state index contributed by atoms with van der Waals surface area (Å²) in [6.45, 7) is 15.8. The summed E-state index contributed by atoms with van der Waals surface area (Å²) < 4.78 is 30.5. The first-order valence-corrected chi connectivity index (χ1v) is 27.2. The normalized spacial score (nSPS) is 29.3. The third-order valence-corrected chi connectivity index (χ3v) is 18.0. The number of nitrogens with zero attached hydrogens (tertiary/aromatic N) is 2. The number of aromatic nitrogens is 2. The second-order valence-corrected chi connectivity index (χ2v) is 22.9. The van der Waals surface area contributed by atoms with E-state index in [2.05, 4.69) is 51.0 Å². The Bertz CT molecular complexity index is 2230. The van der Waals surface area contributed by atoms with Crippen LogP contribution in [0.2, 0.25) is 0 Å². The lowest BCUT2D eigenvalue weighted by Gasteiger charge is -2.58. The average molecular weight is 954 g/mol. The maximum atomic E-state index is 12.9. The van der Waals surface area contributed by atoms with Crippen LogP contribution in [0.1, 0.15) is 168 Å². The van der Waals surface area contributed by atoms with Crippen molar-refractivity contribution in [2.45, 2.75) is 175 Å². The molecule has 68 heavy (non-hydrogen) atoms. The molecule has 3 aromatic rings. The zero-order valence-electron chi connectivity index (χ0n) is 41.9. The van der Waals surface area contributed by atoms with Crippen LogP contribution in [0.4, 0.5) is 5.13 Å². The van der Waals surface area contributed by atoms with Gasteiger partial charge in [-0.25, -0.2) is 4.98 Å². The van der Waals surface area contributed by atoms with Crippen molar-refractivity contribution in [1.82, 2.24) is 9.97 Å². The molecule has 0 amide bonds.